The Balaban J connectivity index is 2.40. The second-order valence-electron chi connectivity index (χ2n) is 4.41. The number of hydrogen-bond donors (Lipinski definition) is 1. The van der Waals surface area contributed by atoms with Gasteiger partial charge in [0.05, 0.1) is 0 Å². The molecule has 0 radical (unpaired) electrons. The Labute approximate surface area is 103 Å². The highest BCUT2D eigenvalue weighted by Gasteiger charge is 2.02. The van der Waals surface area contributed by atoms with Gasteiger partial charge in [0.2, 0.25) is 5.91 Å². The third-order valence-corrected chi connectivity index (χ3v) is 2.55. The van der Waals surface area contributed by atoms with Crippen molar-refractivity contribution in [3.05, 3.63) is 24.3 Å². The van der Waals surface area contributed by atoms with E-state index in [1.54, 1.807) is 19.0 Å². The molecule has 4 nitrogen and oxygen atoms in total. The van der Waals surface area contributed by atoms with Crippen molar-refractivity contribution in [3.8, 4) is 0 Å². The Morgan fingerprint density at radius 2 is 1.71 bits per heavy atom. The quantitative estimate of drug-likeness (QED) is 0.843. The lowest BCUT2D eigenvalue weighted by Gasteiger charge is -2.14. The average Bonchev–Trinajstić information content (AvgIpc) is 2.29. The summed E-state index contributed by atoms with van der Waals surface area (Å²) in [5.41, 5.74) is 2.21. The molecule has 0 aliphatic rings. The summed E-state index contributed by atoms with van der Waals surface area (Å²) < 4.78 is 0. The Morgan fingerprint density at radius 1 is 1.12 bits per heavy atom. The third kappa shape index (κ3) is 4.34. The topological polar surface area (TPSA) is 35.6 Å². The van der Waals surface area contributed by atoms with Gasteiger partial charge in [-0.3, -0.25) is 4.79 Å². The zero-order chi connectivity index (χ0) is 12.8. The van der Waals surface area contributed by atoms with Gasteiger partial charge in [-0.1, -0.05) is 0 Å². The van der Waals surface area contributed by atoms with E-state index >= 15 is 0 Å². The fourth-order valence-electron chi connectivity index (χ4n) is 1.41. The van der Waals surface area contributed by atoms with Crippen LogP contribution in [0.15, 0.2) is 24.3 Å². The van der Waals surface area contributed by atoms with Crippen molar-refractivity contribution >= 4 is 17.3 Å². The highest BCUT2D eigenvalue weighted by Crippen LogP contribution is 2.15. The zero-order valence-electron chi connectivity index (χ0n) is 11.0. The van der Waals surface area contributed by atoms with Crippen molar-refractivity contribution < 1.29 is 4.79 Å². The van der Waals surface area contributed by atoms with Crippen molar-refractivity contribution in [3.63, 3.8) is 0 Å². The average molecular weight is 235 g/mol. The largest absolute Gasteiger partial charge is 0.385 e. The van der Waals surface area contributed by atoms with E-state index in [0.29, 0.717) is 13.0 Å². The molecule has 0 aromatic heterocycles. The standard InChI is InChI=1S/C13H21N3O/c1-15(2)12-7-5-11(6-8-12)14-10-9-13(17)16(3)4/h5-8,14H,9-10H2,1-4H3. The Hall–Kier alpha value is -1.71. The van der Waals surface area contributed by atoms with Gasteiger partial charge in [-0.25, -0.2) is 0 Å². The first-order valence-electron chi connectivity index (χ1n) is 5.72. The smallest absolute Gasteiger partial charge is 0.223 e. The van der Waals surface area contributed by atoms with Gasteiger partial charge in [0.1, 0.15) is 0 Å². The molecule has 0 heterocycles. The first kappa shape index (κ1) is 13.4. The molecule has 1 aromatic rings. The molecule has 0 unspecified atom stereocenters. The lowest BCUT2D eigenvalue weighted by molar-refractivity contribution is -0.128. The summed E-state index contributed by atoms with van der Waals surface area (Å²) in [5.74, 6) is 0.141. The number of anilines is 2. The summed E-state index contributed by atoms with van der Waals surface area (Å²) in [6, 6.07) is 8.15. The molecule has 0 aliphatic heterocycles. The van der Waals surface area contributed by atoms with E-state index < -0.39 is 0 Å². The molecule has 0 saturated carbocycles. The van der Waals surface area contributed by atoms with Crippen LogP contribution in [-0.2, 0) is 4.79 Å². The molecule has 0 fully saturated rings. The van der Waals surface area contributed by atoms with Crippen LogP contribution in [0.3, 0.4) is 0 Å². The van der Waals surface area contributed by atoms with Crippen LogP contribution in [-0.4, -0.2) is 45.5 Å². The molecule has 0 atom stereocenters. The third-order valence-electron chi connectivity index (χ3n) is 2.55. The number of carbonyl (C=O) groups is 1. The van der Waals surface area contributed by atoms with Gasteiger partial charge in [0.25, 0.3) is 0 Å². The summed E-state index contributed by atoms with van der Waals surface area (Å²) in [7, 11) is 7.57. The number of rotatable bonds is 5. The fourth-order valence-corrected chi connectivity index (χ4v) is 1.41. The minimum absolute atomic E-state index is 0.141. The second-order valence-corrected chi connectivity index (χ2v) is 4.41. The van der Waals surface area contributed by atoms with Gasteiger partial charge in [-0.2, -0.15) is 0 Å². The normalized spacial score (nSPS) is 9.88. The molecule has 94 valence electrons. The molecular weight excluding hydrogens is 214 g/mol. The van der Waals surface area contributed by atoms with Gasteiger partial charge in [0, 0.05) is 52.5 Å². The molecule has 0 spiro atoms. The second kappa shape index (κ2) is 6.13. The van der Waals surface area contributed by atoms with Crippen LogP contribution in [0.2, 0.25) is 0 Å². The van der Waals surface area contributed by atoms with Crippen molar-refractivity contribution in [2.75, 3.05) is 45.0 Å². The molecule has 0 saturated heterocycles. The first-order chi connectivity index (χ1) is 8.00. The maximum atomic E-state index is 11.4. The van der Waals surface area contributed by atoms with Gasteiger partial charge in [-0.15, -0.1) is 0 Å². The zero-order valence-corrected chi connectivity index (χ0v) is 11.0. The maximum absolute atomic E-state index is 11.4. The van der Waals surface area contributed by atoms with Crippen molar-refractivity contribution in [2.24, 2.45) is 0 Å². The highest BCUT2D eigenvalue weighted by atomic mass is 16.2. The van der Waals surface area contributed by atoms with Crippen molar-refractivity contribution in [2.45, 2.75) is 6.42 Å². The summed E-state index contributed by atoms with van der Waals surface area (Å²) in [5, 5.41) is 3.23. The van der Waals surface area contributed by atoms with Crippen LogP contribution >= 0.6 is 0 Å². The maximum Gasteiger partial charge on any atom is 0.223 e. The number of nitrogens with one attached hydrogen (secondary N) is 1. The monoisotopic (exact) mass is 235 g/mol. The van der Waals surface area contributed by atoms with E-state index in [0.717, 1.165) is 5.69 Å². The SMILES string of the molecule is CN(C)C(=O)CCNc1ccc(N(C)C)cc1. The molecule has 4 heteroatoms. The molecule has 1 rings (SSSR count). The van der Waals surface area contributed by atoms with Crippen molar-refractivity contribution in [1.82, 2.24) is 4.90 Å². The van der Waals surface area contributed by atoms with E-state index in [1.165, 1.54) is 5.69 Å². The van der Waals surface area contributed by atoms with Crippen LogP contribution < -0.4 is 10.2 Å². The Morgan fingerprint density at radius 3 is 2.18 bits per heavy atom. The fraction of sp³-hybridized carbons (Fsp3) is 0.462. The number of carbonyl (C=O) groups excluding carboxylic acids is 1. The predicted molar refractivity (Wildman–Crippen MR) is 72.6 cm³/mol. The van der Waals surface area contributed by atoms with Crippen LogP contribution in [0.4, 0.5) is 11.4 Å². The molecule has 17 heavy (non-hydrogen) atoms. The number of nitrogens with zero attached hydrogens (tertiary/aromatic N) is 2. The van der Waals surface area contributed by atoms with Gasteiger partial charge in [-0.05, 0) is 24.3 Å². The van der Waals surface area contributed by atoms with E-state index in [9.17, 15) is 4.79 Å². The Bertz CT molecular complexity index is 357. The molecule has 0 bridgehead atoms. The highest BCUT2D eigenvalue weighted by molar-refractivity contribution is 5.76. The molecular formula is C13H21N3O. The van der Waals surface area contributed by atoms with Gasteiger partial charge >= 0.3 is 0 Å². The summed E-state index contributed by atoms with van der Waals surface area (Å²) in [6.45, 7) is 0.665. The van der Waals surface area contributed by atoms with Crippen LogP contribution in [0.1, 0.15) is 6.42 Å². The minimum Gasteiger partial charge on any atom is -0.385 e. The van der Waals surface area contributed by atoms with Crippen molar-refractivity contribution in [1.29, 1.82) is 0 Å². The molecule has 1 aromatic carbocycles. The van der Waals surface area contributed by atoms with E-state index in [4.69, 9.17) is 0 Å². The molecule has 0 aliphatic carbocycles. The summed E-state index contributed by atoms with van der Waals surface area (Å²) >= 11 is 0. The number of hydrogen-bond acceptors (Lipinski definition) is 3. The van der Waals surface area contributed by atoms with E-state index in [2.05, 4.69) is 22.3 Å². The first-order valence-corrected chi connectivity index (χ1v) is 5.72. The predicted octanol–water partition coefficient (Wildman–Crippen LogP) is 1.64. The van der Waals surface area contributed by atoms with Crippen LogP contribution in [0.25, 0.3) is 0 Å². The molecule has 1 N–H and O–H groups in total. The van der Waals surface area contributed by atoms with E-state index in [-0.39, 0.29) is 5.91 Å². The summed E-state index contributed by atoms with van der Waals surface area (Å²) in [4.78, 5) is 15.0. The van der Waals surface area contributed by atoms with Gasteiger partial charge < -0.3 is 15.1 Å². The lowest BCUT2D eigenvalue weighted by Crippen LogP contribution is -2.23. The summed E-state index contributed by atoms with van der Waals surface area (Å²) in [6.07, 6.45) is 0.516. The van der Waals surface area contributed by atoms with Gasteiger partial charge in [0.15, 0.2) is 0 Å². The lowest BCUT2D eigenvalue weighted by atomic mass is 10.2. The van der Waals surface area contributed by atoms with Crippen LogP contribution in [0.5, 0.6) is 0 Å². The van der Waals surface area contributed by atoms with Crippen LogP contribution in [0, 0.1) is 0 Å². The van der Waals surface area contributed by atoms with E-state index in [1.807, 2.05) is 26.2 Å². The number of benzene rings is 1. The molecule has 1 amide bonds. The minimum atomic E-state index is 0.141. The Kier molecular flexibility index (Phi) is 4.82. The number of amides is 1.